The van der Waals surface area contributed by atoms with E-state index in [4.69, 9.17) is 4.74 Å². The summed E-state index contributed by atoms with van der Waals surface area (Å²) < 4.78 is 5.10. The molecule has 0 fully saturated rings. The van der Waals surface area contributed by atoms with Crippen molar-refractivity contribution in [2.75, 3.05) is 12.4 Å². The van der Waals surface area contributed by atoms with Crippen LogP contribution in [0.1, 0.15) is 61.2 Å². The minimum Gasteiger partial charge on any atom is -0.462 e. The minimum absolute atomic E-state index is 0.223. The molecule has 26 heavy (non-hydrogen) atoms. The van der Waals surface area contributed by atoms with Crippen molar-refractivity contribution >= 4 is 29.4 Å². The van der Waals surface area contributed by atoms with E-state index in [0.29, 0.717) is 12.2 Å². The van der Waals surface area contributed by atoms with Crippen molar-refractivity contribution in [2.45, 2.75) is 44.4 Å². The molecule has 0 N–H and O–H groups in total. The number of ether oxygens (including phenoxy) is 1. The van der Waals surface area contributed by atoms with Crippen molar-refractivity contribution < 1.29 is 9.53 Å². The topological polar surface area (TPSA) is 26.3 Å². The van der Waals surface area contributed by atoms with Gasteiger partial charge in [0.25, 0.3) is 0 Å². The molecule has 1 heterocycles. The highest BCUT2D eigenvalue weighted by molar-refractivity contribution is 7.99. The third-order valence-electron chi connectivity index (χ3n) is 4.93. The van der Waals surface area contributed by atoms with Crippen LogP contribution < -0.4 is 0 Å². The second-order valence-electron chi connectivity index (χ2n) is 7.37. The average molecular weight is 367 g/mol. The Kier molecular flexibility index (Phi) is 5.57. The van der Waals surface area contributed by atoms with Crippen molar-refractivity contribution in [3.63, 3.8) is 0 Å². The molecule has 3 rings (SSSR count). The number of carbonyl (C=O) groups is 1. The summed E-state index contributed by atoms with van der Waals surface area (Å²) >= 11 is 1.95. The molecule has 0 aromatic heterocycles. The molecule has 136 valence electrons. The van der Waals surface area contributed by atoms with Crippen molar-refractivity contribution in [3.8, 4) is 0 Å². The molecule has 1 aliphatic heterocycles. The molecule has 0 unspecified atom stereocenters. The smallest absolute Gasteiger partial charge is 0.338 e. The number of allylic oxidation sites excluding steroid dienone is 1. The molecule has 3 heteroatoms. The third kappa shape index (κ3) is 4.04. The van der Waals surface area contributed by atoms with Gasteiger partial charge in [-0.15, -0.1) is 11.8 Å². The largest absolute Gasteiger partial charge is 0.462 e. The van der Waals surface area contributed by atoms with Crippen molar-refractivity contribution in [1.29, 1.82) is 0 Å². The Balaban J connectivity index is 1.91. The number of carbonyl (C=O) groups excluding carboxylic acids is 1. The van der Waals surface area contributed by atoms with Gasteiger partial charge in [-0.2, -0.15) is 0 Å². The van der Waals surface area contributed by atoms with E-state index in [-0.39, 0.29) is 11.4 Å². The average Bonchev–Trinajstić information content (AvgIpc) is 2.62. The zero-order chi connectivity index (χ0) is 18.7. The summed E-state index contributed by atoms with van der Waals surface area (Å²) in [5.74, 6) is 0.919. The first-order chi connectivity index (χ1) is 12.4. The fourth-order valence-corrected chi connectivity index (χ4v) is 4.77. The Morgan fingerprint density at radius 1 is 1.19 bits per heavy atom. The Labute approximate surface area is 160 Å². The van der Waals surface area contributed by atoms with Gasteiger partial charge in [-0.25, -0.2) is 4.79 Å². The lowest BCUT2D eigenvalue weighted by Gasteiger charge is -2.32. The summed E-state index contributed by atoms with van der Waals surface area (Å²) in [4.78, 5) is 13.3. The van der Waals surface area contributed by atoms with E-state index in [1.807, 2.05) is 36.9 Å². The number of rotatable bonds is 4. The molecule has 2 aromatic rings. The lowest BCUT2D eigenvalue weighted by molar-refractivity contribution is 0.0526. The van der Waals surface area contributed by atoms with Gasteiger partial charge in [-0.3, -0.25) is 0 Å². The molecule has 0 saturated heterocycles. The van der Waals surface area contributed by atoms with Gasteiger partial charge in [0.1, 0.15) is 0 Å². The summed E-state index contributed by atoms with van der Waals surface area (Å²) in [6, 6.07) is 14.4. The third-order valence-corrected chi connectivity index (χ3v) is 6.00. The molecule has 0 spiro atoms. The van der Waals surface area contributed by atoms with E-state index >= 15 is 0 Å². The fourth-order valence-electron chi connectivity index (χ4n) is 3.28. The second-order valence-corrected chi connectivity index (χ2v) is 8.50. The number of fused-ring (bicyclic) bond motifs is 1. The molecule has 0 atom stereocenters. The zero-order valence-electron chi connectivity index (χ0n) is 16.0. The van der Waals surface area contributed by atoms with Gasteiger partial charge in [-0.05, 0) is 78.0 Å². The van der Waals surface area contributed by atoms with E-state index < -0.39 is 0 Å². The van der Waals surface area contributed by atoms with Crippen LogP contribution >= 0.6 is 11.8 Å². The molecule has 0 aliphatic carbocycles. The molecular formula is C23H26O2S. The van der Waals surface area contributed by atoms with Gasteiger partial charge in [0.2, 0.25) is 0 Å². The Morgan fingerprint density at radius 3 is 2.77 bits per heavy atom. The number of hydrogen-bond acceptors (Lipinski definition) is 3. The molecule has 0 bridgehead atoms. The van der Waals surface area contributed by atoms with E-state index in [2.05, 4.69) is 45.0 Å². The Morgan fingerprint density at radius 2 is 2.00 bits per heavy atom. The SMILES string of the molecule is CCOC(=O)c1cccc(/C=C(\C)c2ccc3c(c2)C(C)(C)CCS3)c1. The molecule has 1 aliphatic rings. The minimum atomic E-state index is -0.270. The van der Waals surface area contributed by atoms with Crippen LogP contribution in [0, 0.1) is 0 Å². The highest BCUT2D eigenvalue weighted by Crippen LogP contribution is 2.42. The van der Waals surface area contributed by atoms with Gasteiger partial charge in [-0.1, -0.05) is 38.1 Å². The summed E-state index contributed by atoms with van der Waals surface area (Å²) in [6.07, 6.45) is 3.34. The highest BCUT2D eigenvalue weighted by Gasteiger charge is 2.27. The number of benzene rings is 2. The predicted molar refractivity (Wildman–Crippen MR) is 111 cm³/mol. The highest BCUT2D eigenvalue weighted by atomic mass is 32.2. The molecule has 2 aromatic carbocycles. The summed E-state index contributed by atoms with van der Waals surface area (Å²) in [5.41, 5.74) is 5.71. The quantitative estimate of drug-likeness (QED) is 0.476. The molecule has 0 radical (unpaired) electrons. The van der Waals surface area contributed by atoms with E-state index in [0.717, 1.165) is 5.56 Å². The second kappa shape index (κ2) is 7.71. The lowest BCUT2D eigenvalue weighted by Crippen LogP contribution is -2.22. The molecule has 0 amide bonds. The van der Waals surface area contributed by atoms with Crippen molar-refractivity contribution in [2.24, 2.45) is 0 Å². The van der Waals surface area contributed by atoms with Crippen LogP contribution in [0.25, 0.3) is 11.6 Å². The molecule has 2 nitrogen and oxygen atoms in total. The molecule has 0 saturated carbocycles. The van der Waals surface area contributed by atoms with Crippen LogP contribution in [0.3, 0.4) is 0 Å². The van der Waals surface area contributed by atoms with Crippen LogP contribution in [-0.2, 0) is 10.2 Å². The van der Waals surface area contributed by atoms with E-state index in [1.54, 1.807) is 6.07 Å². The maximum atomic E-state index is 11.9. The van der Waals surface area contributed by atoms with Crippen LogP contribution in [0.5, 0.6) is 0 Å². The monoisotopic (exact) mass is 366 g/mol. The maximum Gasteiger partial charge on any atom is 0.338 e. The zero-order valence-corrected chi connectivity index (χ0v) is 16.8. The van der Waals surface area contributed by atoms with Gasteiger partial charge in [0, 0.05) is 4.90 Å². The van der Waals surface area contributed by atoms with Crippen LogP contribution in [-0.4, -0.2) is 18.3 Å². The Bertz CT molecular complexity index is 849. The maximum absolute atomic E-state index is 11.9. The number of hydrogen-bond donors (Lipinski definition) is 0. The molecular weight excluding hydrogens is 340 g/mol. The van der Waals surface area contributed by atoms with Crippen molar-refractivity contribution in [1.82, 2.24) is 0 Å². The summed E-state index contributed by atoms with van der Waals surface area (Å²) in [6.45, 7) is 9.00. The van der Waals surface area contributed by atoms with Gasteiger partial charge in [0.15, 0.2) is 0 Å². The van der Waals surface area contributed by atoms with Crippen molar-refractivity contribution in [3.05, 3.63) is 64.7 Å². The van der Waals surface area contributed by atoms with Crippen LogP contribution in [0.2, 0.25) is 0 Å². The fraction of sp³-hybridized carbons (Fsp3) is 0.348. The Hall–Kier alpha value is -2.00. The van der Waals surface area contributed by atoms with Gasteiger partial charge >= 0.3 is 5.97 Å². The van der Waals surface area contributed by atoms with Gasteiger partial charge < -0.3 is 4.74 Å². The number of thioether (sulfide) groups is 1. The first kappa shape index (κ1) is 18.8. The van der Waals surface area contributed by atoms with Crippen LogP contribution in [0.15, 0.2) is 47.4 Å². The van der Waals surface area contributed by atoms with E-state index in [1.165, 1.54) is 33.8 Å². The number of esters is 1. The first-order valence-corrected chi connectivity index (χ1v) is 10.1. The normalized spacial score (nSPS) is 16.1. The summed E-state index contributed by atoms with van der Waals surface area (Å²) in [7, 11) is 0. The van der Waals surface area contributed by atoms with E-state index in [9.17, 15) is 4.79 Å². The standard InChI is InChI=1S/C23H26O2S/c1-5-25-22(24)19-8-6-7-17(14-19)13-16(2)18-9-10-21-20(15-18)23(3,4)11-12-26-21/h6-10,13-15H,5,11-12H2,1-4H3/b16-13+. The lowest BCUT2D eigenvalue weighted by atomic mass is 9.80. The van der Waals surface area contributed by atoms with Gasteiger partial charge in [0.05, 0.1) is 12.2 Å². The van der Waals surface area contributed by atoms with Crippen LogP contribution in [0.4, 0.5) is 0 Å². The predicted octanol–water partition coefficient (Wildman–Crippen LogP) is 6.20. The summed E-state index contributed by atoms with van der Waals surface area (Å²) in [5, 5.41) is 0. The first-order valence-electron chi connectivity index (χ1n) is 9.14.